The topological polar surface area (TPSA) is 82.2 Å². The normalized spacial score (nSPS) is 20.5. The van der Waals surface area contributed by atoms with Gasteiger partial charge in [-0.05, 0) is 29.8 Å². The van der Waals surface area contributed by atoms with Crippen LogP contribution in [0.5, 0.6) is 0 Å². The zero-order chi connectivity index (χ0) is 22.9. The van der Waals surface area contributed by atoms with E-state index in [-0.39, 0.29) is 19.1 Å². The second-order valence-corrected chi connectivity index (χ2v) is 8.60. The van der Waals surface area contributed by atoms with Crippen molar-refractivity contribution < 1.29 is 19.1 Å². The van der Waals surface area contributed by atoms with Crippen molar-refractivity contribution in [2.75, 3.05) is 44.2 Å². The fraction of sp³-hybridized carbons (Fsp3) is 0.292. The Morgan fingerprint density at radius 1 is 1.00 bits per heavy atom. The minimum atomic E-state index is -0.638. The number of carbonyl (C=O) groups excluding carboxylic acids is 3. The minimum Gasteiger partial charge on any atom is -0.456 e. The van der Waals surface area contributed by atoms with Gasteiger partial charge in [0.2, 0.25) is 5.91 Å². The van der Waals surface area contributed by atoms with Crippen LogP contribution >= 0.6 is 11.6 Å². The van der Waals surface area contributed by atoms with E-state index >= 15 is 0 Å². The molecule has 2 aromatic carbocycles. The SMILES string of the molecule is O=C1OCC2=C1[C@@H](c1ccc(Cl)cc1)NC(=O)N2CC(=O)N1CCN(c2ccccc2)CC1. The van der Waals surface area contributed by atoms with E-state index < -0.39 is 18.0 Å². The molecule has 9 heteroatoms. The van der Waals surface area contributed by atoms with Gasteiger partial charge in [0.1, 0.15) is 13.2 Å². The molecule has 3 amide bonds. The molecule has 0 unspecified atom stereocenters. The van der Waals surface area contributed by atoms with Gasteiger partial charge in [0.15, 0.2) is 0 Å². The third-order valence-electron chi connectivity index (χ3n) is 6.25. The second-order valence-electron chi connectivity index (χ2n) is 8.16. The Labute approximate surface area is 196 Å². The summed E-state index contributed by atoms with van der Waals surface area (Å²) in [5, 5.41) is 3.41. The summed E-state index contributed by atoms with van der Waals surface area (Å²) in [5.41, 5.74) is 2.66. The Bertz CT molecular complexity index is 1110. The largest absolute Gasteiger partial charge is 0.456 e. The first-order valence-electron chi connectivity index (χ1n) is 10.8. The Hall–Kier alpha value is -3.52. The molecule has 1 atom stereocenters. The van der Waals surface area contributed by atoms with Crippen molar-refractivity contribution in [1.82, 2.24) is 15.1 Å². The van der Waals surface area contributed by atoms with Crippen molar-refractivity contribution in [3.05, 3.63) is 76.5 Å². The van der Waals surface area contributed by atoms with Crippen molar-refractivity contribution >= 4 is 35.2 Å². The van der Waals surface area contributed by atoms with E-state index in [1.165, 1.54) is 4.90 Å². The summed E-state index contributed by atoms with van der Waals surface area (Å²) in [6.45, 7) is 2.41. The lowest BCUT2D eigenvalue weighted by Crippen LogP contribution is -2.54. The maximum absolute atomic E-state index is 13.0. The molecule has 1 fully saturated rings. The van der Waals surface area contributed by atoms with Crippen molar-refractivity contribution in [2.24, 2.45) is 0 Å². The highest BCUT2D eigenvalue weighted by Gasteiger charge is 2.43. The molecule has 0 aliphatic carbocycles. The Morgan fingerprint density at radius 3 is 2.39 bits per heavy atom. The number of para-hydroxylation sites is 1. The number of nitrogens with zero attached hydrogens (tertiary/aromatic N) is 3. The molecule has 2 aromatic rings. The Balaban J connectivity index is 1.30. The van der Waals surface area contributed by atoms with Gasteiger partial charge in [0, 0.05) is 36.9 Å². The molecule has 0 aromatic heterocycles. The lowest BCUT2D eigenvalue weighted by molar-refractivity contribution is -0.136. The summed E-state index contributed by atoms with van der Waals surface area (Å²) in [6, 6.07) is 15.9. The number of esters is 1. The molecule has 33 heavy (non-hydrogen) atoms. The number of urea groups is 1. The van der Waals surface area contributed by atoms with E-state index in [9.17, 15) is 14.4 Å². The monoisotopic (exact) mass is 466 g/mol. The number of nitrogens with one attached hydrogen (secondary N) is 1. The van der Waals surface area contributed by atoms with E-state index in [1.807, 2.05) is 18.2 Å². The maximum atomic E-state index is 13.0. The average molecular weight is 467 g/mol. The molecule has 0 bridgehead atoms. The van der Waals surface area contributed by atoms with E-state index in [0.29, 0.717) is 29.4 Å². The highest BCUT2D eigenvalue weighted by molar-refractivity contribution is 6.30. The summed E-state index contributed by atoms with van der Waals surface area (Å²) in [5.74, 6) is -0.645. The number of cyclic esters (lactones) is 1. The highest BCUT2D eigenvalue weighted by atomic mass is 35.5. The molecule has 0 saturated carbocycles. The number of anilines is 1. The summed E-state index contributed by atoms with van der Waals surface area (Å²) in [7, 11) is 0. The van der Waals surface area contributed by atoms with E-state index in [0.717, 1.165) is 24.3 Å². The molecule has 3 aliphatic rings. The number of ether oxygens (including phenoxy) is 1. The first kappa shape index (κ1) is 21.3. The van der Waals surface area contributed by atoms with Crippen LogP contribution in [0.1, 0.15) is 11.6 Å². The summed E-state index contributed by atoms with van der Waals surface area (Å²) in [4.78, 5) is 43.8. The van der Waals surface area contributed by atoms with Crippen LogP contribution < -0.4 is 10.2 Å². The standard InChI is InChI=1S/C24H23ClN4O4/c25-17-8-6-16(7-9-17)22-21-19(15-33-23(21)31)29(24(32)26-22)14-20(30)28-12-10-27(11-13-28)18-4-2-1-3-5-18/h1-9,22H,10-15H2,(H,26,32)/t22-/m1/s1. The second kappa shape index (κ2) is 8.78. The quantitative estimate of drug-likeness (QED) is 0.700. The lowest BCUT2D eigenvalue weighted by atomic mass is 9.96. The number of rotatable bonds is 4. The van der Waals surface area contributed by atoms with E-state index in [1.54, 1.807) is 29.2 Å². The highest BCUT2D eigenvalue weighted by Crippen LogP contribution is 2.35. The molecule has 1 saturated heterocycles. The van der Waals surface area contributed by atoms with Gasteiger partial charge in [-0.2, -0.15) is 0 Å². The molecular formula is C24H23ClN4O4. The predicted molar refractivity (Wildman–Crippen MR) is 123 cm³/mol. The van der Waals surface area contributed by atoms with E-state index in [2.05, 4.69) is 22.3 Å². The lowest BCUT2D eigenvalue weighted by Gasteiger charge is -2.38. The molecule has 3 aliphatic heterocycles. The van der Waals surface area contributed by atoms with Crippen LogP contribution in [0.25, 0.3) is 0 Å². The number of piperazine rings is 1. The smallest absolute Gasteiger partial charge is 0.338 e. The molecule has 0 radical (unpaired) electrons. The van der Waals surface area contributed by atoms with Gasteiger partial charge in [0.25, 0.3) is 0 Å². The van der Waals surface area contributed by atoms with Gasteiger partial charge in [-0.1, -0.05) is 41.9 Å². The predicted octanol–water partition coefficient (Wildman–Crippen LogP) is 2.57. The van der Waals surface area contributed by atoms with Crippen LogP contribution in [0, 0.1) is 0 Å². The third-order valence-corrected chi connectivity index (χ3v) is 6.50. The molecule has 5 rings (SSSR count). The van der Waals surface area contributed by atoms with Crippen LogP contribution in [-0.4, -0.2) is 67.0 Å². The van der Waals surface area contributed by atoms with Crippen molar-refractivity contribution in [3.63, 3.8) is 0 Å². The number of hydrogen-bond acceptors (Lipinski definition) is 5. The molecule has 0 spiro atoms. The molecule has 3 heterocycles. The van der Waals surface area contributed by atoms with Crippen molar-refractivity contribution in [1.29, 1.82) is 0 Å². The first-order chi connectivity index (χ1) is 16.0. The summed E-state index contributed by atoms with van der Waals surface area (Å²) >= 11 is 5.97. The third kappa shape index (κ3) is 4.14. The summed E-state index contributed by atoms with van der Waals surface area (Å²) in [6.07, 6.45) is 0. The van der Waals surface area contributed by atoms with Gasteiger partial charge in [-0.3, -0.25) is 9.69 Å². The molecule has 8 nitrogen and oxygen atoms in total. The van der Waals surface area contributed by atoms with Gasteiger partial charge in [0.05, 0.1) is 17.3 Å². The number of hydrogen-bond donors (Lipinski definition) is 1. The molecule has 170 valence electrons. The first-order valence-corrected chi connectivity index (χ1v) is 11.2. The fourth-order valence-electron chi connectivity index (χ4n) is 4.47. The Morgan fingerprint density at radius 2 is 1.70 bits per heavy atom. The van der Waals surface area contributed by atoms with Gasteiger partial charge < -0.3 is 19.9 Å². The molecular weight excluding hydrogens is 444 g/mol. The van der Waals surface area contributed by atoms with E-state index in [4.69, 9.17) is 16.3 Å². The Kier molecular flexibility index (Phi) is 5.68. The van der Waals surface area contributed by atoms with Crippen molar-refractivity contribution in [2.45, 2.75) is 6.04 Å². The molecule has 1 N–H and O–H groups in total. The number of amides is 3. The zero-order valence-electron chi connectivity index (χ0n) is 17.9. The zero-order valence-corrected chi connectivity index (χ0v) is 18.6. The van der Waals surface area contributed by atoms with Crippen molar-refractivity contribution in [3.8, 4) is 0 Å². The van der Waals surface area contributed by atoms with Crippen LogP contribution in [0.4, 0.5) is 10.5 Å². The van der Waals surface area contributed by atoms with Gasteiger partial charge in [-0.15, -0.1) is 0 Å². The van der Waals surface area contributed by atoms with Crippen LogP contribution in [0.15, 0.2) is 65.9 Å². The number of carbonyl (C=O) groups is 3. The average Bonchev–Trinajstić information content (AvgIpc) is 3.23. The minimum absolute atomic E-state index is 0.0270. The van der Waals surface area contributed by atoms with Crippen LogP contribution in [-0.2, 0) is 14.3 Å². The number of halogens is 1. The van der Waals surface area contributed by atoms with Gasteiger partial charge in [-0.25, -0.2) is 9.59 Å². The maximum Gasteiger partial charge on any atom is 0.338 e. The summed E-state index contributed by atoms with van der Waals surface area (Å²) < 4.78 is 5.24. The van der Waals surface area contributed by atoms with Crippen LogP contribution in [0.3, 0.4) is 0 Å². The fourth-order valence-corrected chi connectivity index (χ4v) is 4.60. The van der Waals surface area contributed by atoms with Crippen LogP contribution in [0.2, 0.25) is 5.02 Å². The van der Waals surface area contributed by atoms with Gasteiger partial charge >= 0.3 is 12.0 Å². The number of benzene rings is 2.